The van der Waals surface area contributed by atoms with E-state index in [-0.39, 0.29) is 24.9 Å². The van der Waals surface area contributed by atoms with Crippen LogP contribution >= 0.6 is 0 Å². The van der Waals surface area contributed by atoms with Crippen LogP contribution in [0.25, 0.3) is 0 Å². The van der Waals surface area contributed by atoms with Gasteiger partial charge in [0.1, 0.15) is 12.4 Å². The van der Waals surface area contributed by atoms with Gasteiger partial charge >= 0.3 is 12.2 Å². The highest BCUT2D eigenvalue weighted by molar-refractivity contribution is 5.80. The molecule has 0 saturated carbocycles. The molecule has 1 heterocycles. The molecule has 1 aliphatic heterocycles. The molecule has 7 nitrogen and oxygen atoms in total. The average molecular weight is 401 g/mol. The van der Waals surface area contributed by atoms with Crippen LogP contribution in [0.3, 0.4) is 0 Å². The van der Waals surface area contributed by atoms with Gasteiger partial charge in [-0.2, -0.15) is 13.2 Å². The second-order valence-corrected chi connectivity index (χ2v) is 6.35. The third kappa shape index (κ3) is 6.50. The number of halogens is 3. The number of nitrogens with two attached hydrogens (primary N) is 1. The lowest BCUT2D eigenvalue weighted by Gasteiger charge is -2.32. The number of likely N-dealkylation sites (tertiary alicyclic amines) is 1. The molecule has 1 aliphatic rings. The number of benzene rings is 1. The van der Waals surface area contributed by atoms with Gasteiger partial charge in [0.15, 0.2) is 5.96 Å². The second kappa shape index (κ2) is 10.0. The van der Waals surface area contributed by atoms with Crippen molar-refractivity contribution in [3.8, 4) is 5.75 Å². The number of primary amides is 1. The number of guanidine groups is 1. The Kier molecular flexibility index (Phi) is 7.77. The molecule has 2 amide bonds. The Morgan fingerprint density at radius 2 is 2.00 bits per heavy atom. The first kappa shape index (κ1) is 21.6. The number of amides is 2. The predicted molar refractivity (Wildman–Crippen MR) is 100 cm³/mol. The van der Waals surface area contributed by atoms with Crippen LogP contribution in [0.15, 0.2) is 29.3 Å². The van der Waals surface area contributed by atoms with Crippen LogP contribution in [-0.2, 0) is 6.18 Å². The minimum Gasteiger partial charge on any atom is -0.491 e. The molecule has 0 radical (unpaired) electrons. The maximum Gasteiger partial charge on any atom is 0.419 e. The number of ether oxygens (including phenoxy) is 1. The molecule has 0 aromatic heterocycles. The van der Waals surface area contributed by atoms with Crippen LogP contribution in [0.2, 0.25) is 0 Å². The summed E-state index contributed by atoms with van der Waals surface area (Å²) in [6, 6.07) is 4.82. The van der Waals surface area contributed by atoms with E-state index in [9.17, 15) is 18.0 Å². The molecule has 1 fully saturated rings. The first-order valence-electron chi connectivity index (χ1n) is 9.19. The number of nitrogens with one attached hydrogen (secondary N) is 2. The van der Waals surface area contributed by atoms with E-state index in [1.54, 1.807) is 4.90 Å². The lowest BCUT2D eigenvalue weighted by molar-refractivity contribution is -0.138. The summed E-state index contributed by atoms with van der Waals surface area (Å²) in [5, 5.41) is 6.37. The quantitative estimate of drug-likeness (QED) is 0.387. The molecular formula is C18H26F3N5O2. The lowest BCUT2D eigenvalue weighted by Crippen LogP contribution is -2.50. The topological polar surface area (TPSA) is 92.0 Å². The standard InChI is InChI=1S/C18H26F3N5O2/c1-2-23-17(25-13-7-10-26(11-8-13)16(22)27)24-9-12-28-15-6-4-3-5-14(15)18(19,20)21/h3-6,13H,2,7-12H2,1H3,(H2,22,27)(H2,23,24,25). The van der Waals surface area contributed by atoms with Crippen molar-refractivity contribution in [2.24, 2.45) is 10.7 Å². The van der Waals surface area contributed by atoms with Gasteiger partial charge in [0.25, 0.3) is 0 Å². The van der Waals surface area contributed by atoms with Gasteiger partial charge in [-0.3, -0.25) is 0 Å². The van der Waals surface area contributed by atoms with Crippen molar-refractivity contribution in [3.05, 3.63) is 29.8 Å². The van der Waals surface area contributed by atoms with Crippen molar-refractivity contribution >= 4 is 12.0 Å². The summed E-state index contributed by atoms with van der Waals surface area (Å²) in [6.45, 7) is 3.92. The number of carbonyl (C=O) groups is 1. The first-order valence-corrected chi connectivity index (χ1v) is 9.19. The van der Waals surface area contributed by atoms with Gasteiger partial charge in [-0.25, -0.2) is 9.79 Å². The Morgan fingerprint density at radius 1 is 1.32 bits per heavy atom. The highest BCUT2D eigenvalue weighted by atomic mass is 19.4. The van der Waals surface area contributed by atoms with E-state index in [1.165, 1.54) is 18.2 Å². The molecule has 156 valence electrons. The van der Waals surface area contributed by atoms with E-state index in [4.69, 9.17) is 10.5 Å². The van der Waals surface area contributed by atoms with Gasteiger partial charge in [-0.1, -0.05) is 12.1 Å². The van der Waals surface area contributed by atoms with Crippen molar-refractivity contribution < 1.29 is 22.7 Å². The monoisotopic (exact) mass is 401 g/mol. The van der Waals surface area contributed by atoms with Crippen LogP contribution < -0.4 is 21.1 Å². The largest absolute Gasteiger partial charge is 0.491 e. The number of hydrogen-bond acceptors (Lipinski definition) is 3. The fraction of sp³-hybridized carbons (Fsp3) is 0.556. The summed E-state index contributed by atoms with van der Waals surface area (Å²) >= 11 is 0. The van der Waals surface area contributed by atoms with Gasteiger partial charge in [0.2, 0.25) is 0 Å². The third-order valence-corrected chi connectivity index (χ3v) is 4.30. The highest BCUT2D eigenvalue weighted by Gasteiger charge is 2.33. The first-order chi connectivity index (χ1) is 13.3. The number of alkyl halides is 3. The van der Waals surface area contributed by atoms with Crippen molar-refractivity contribution in [2.75, 3.05) is 32.8 Å². The SMILES string of the molecule is CCNC(=NCCOc1ccccc1C(F)(F)F)NC1CCN(C(N)=O)CC1. The van der Waals surface area contributed by atoms with Crippen LogP contribution in [0.4, 0.5) is 18.0 Å². The zero-order valence-corrected chi connectivity index (χ0v) is 15.8. The molecule has 10 heteroatoms. The molecule has 1 aromatic carbocycles. The number of hydrogen-bond donors (Lipinski definition) is 3. The van der Waals surface area contributed by atoms with E-state index in [1.807, 2.05) is 6.92 Å². The summed E-state index contributed by atoms with van der Waals surface area (Å²) in [6.07, 6.45) is -2.98. The van der Waals surface area contributed by atoms with Crippen molar-refractivity contribution in [2.45, 2.75) is 32.0 Å². The maximum absolute atomic E-state index is 13.0. The molecule has 0 bridgehead atoms. The molecule has 0 aliphatic carbocycles. The van der Waals surface area contributed by atoms with E-state index in [0.717, 1.165) is 18.9 Å². The molecule has 0 atom stereocenters. The summed E-state index contributed by atoms with van der Waals surface area (Å²) in [5.41, 5.74) is 4.47. The van der Waals surface area contributed by atoms with Crippen LogP contribution in [0.1, 0.15) is 25.3 Å². The van der Waals surface area contributed by atoms with E-state index in [0.29, 0.717) is 25.6 Å². The minimum absolute atomic E-state index is 0.0176. The van der Waals surface area contributed by atoms with Crippen LogP contribution in [0.5, 0.6) is 5.75 Å². The van der Waals surface area contributed by atoms with Gasteiger partial charge < -0.3 is 26.0 Å². The minimum atomic E-state index is -4.46. The Labute approximate surface area is 162 Å². The Balaban J connectivity index is 1.86. The van der Waals surface area contributed by atoms with Gasteiger partial charge in [-0.05, 0) is 31.9 Å². The zero-order valence-electron chi connectivity index (χ0n) is 15.8. The number of urea groups is 1. The number of aliphatic imine (C=N–C) groups is 1. The molecule has 0 spiro atoms. The van der Waals surface area contributed by atoms with Gasteiger partial charge in [0, 0.05) is 25.7 Å². The summed E-state index contributed by atoms with van der Waals surface area (Å²) in [5.74, 6) is 0.356. The van der Waals surface area contributed by atoms with Crippen molar-refractivity contribution in [3.63, 3.8) is 0 Å². The number of nitrogens with zero attached hydrogens (tertiary/aromatic N) is 2. The van der Waals surface area contributed by atoms with Crippen molar-refractivity contribution in [1.29, 1.82) is 0 Å². The number of para-hydroxylation sites is 1. The predicted octanol–water partition coefficient (Wildman–Crippen LogP) is 2.18. The Hall–Kier alpha value is -2.65. The summed E-state index contributed by atoms with van der Waals surface area (Å²) < 4.78 is 44.2. The maximum atomic E-state index is 13.0. The lowest BCUT2D eigenvalue weighted by atomic mass is 10.1. The van der Waals surface area contributed by atoms with Crippen LogP contribution in [-0.4, -0.2) is 55.7 Å². The summed E-state index contributed by atoms with van der Waals surface area (Å²) in [4.78, 5) is 17.1. The third-order valence-electron chi connectivity index (χ3n) is 4.30. The molecule has 28 heavy (non-hydrogen) atoms. The molecule has 1 saturated heterocycles. The fourth-order valence-corrected chi connectivity index (χ4v) is 2.90. The molecule has 2 rings (SSSR count). The van der Waals surface area contributed by atoms with E-state index < -0.39 is 17.8 Å². The van der Waals surface area contributed by atoms with Crippen LogP contribution in [0, 0.1) is 0 Å². The summed E-state index contributed by atoms with van der Waals surface area (Å²) in [7, 11) is 0. The van der Waals surface area contributed by atoms with E-state index in [2.05, 4.69) is 15.6 Å². The highest BCUT2D eigenvalue weighted by Crippen LogP contribution is 2.35. The molecule has 4 N–H and O–H groups in total. The zero-order chi connectivity index (χ0) is 20.6. The fourth-order valence-electron chi connectivity index (χ4n) is 2.90. The van der Waals surface area contributed by atoms with Gasteiger partial charge in [-0.15, -0.1) is 0 Å². The molecule has 1 aromatic rings. The molecular weight excluding hydrogens is 375 g/mol. The molecule has 0 unspecified atom stereocenters. The average Bonchev–Trinajstić information content (AvgIpc) is 2.65. The number of rotatable bonds is 6. The normalized spacial score (nSPS) is 16.0. The number of carbonyl (C=O) groups excluding carboxylic acids is 1. The smallest absolute Gasteiger partial charge is 0.419 e. The van der Waals surface area contributed by atoms with Gasteiger partial charge in [0.05, 0.1) is 12.1 Å². The Morgan fingerprint density at radius 3 is 2.61 bits per heavy atom. The van der Waals surface area contributed by atoms with E-state index >= 15 is 0 Å². The Bertz CT molecular complexity index is 673. The second-order valence-electron chi connectivity index (χ2n) is 6.35. The van der Waals surface area contributed by atoms with Crippen molar-refractivity contribution in [1.82, 2.24) is 15.5 Å². The number of piperidine rings is 1.